The molecular weight excluding hydrogens is 372 g/mol. The van der Waals surface area contributed by atoms with Gasteiger partial charge in [0.05, 0.1) is 11.9 Å². The number of para-hydroxylation sites is 1. The Morgan fingerprint density at radius 1 is 1.07 bits per heavy atom. The van der Waals surface area contributed by atoms with Gasteiger partial charge in [0.15, 0.2) is 0 Å². The van der Waals surface area contributed by atoms with Gasteiger partial charge in [0.1, 0.15) is 11.4 Å². The Labute approximate surface area is 165 Å². The minimum Gasteiger partial charge on any atom is -0.265 e. The number of hydrogen-bond donors (Lipinski definition) is 1. The highest BCUT2D eigenvalue weighted by molar-refractivity contribution is 7.71. The normalized spacial score (nSPS) is 11.2. The predicted molar refractivity (Wildman–Crippen MR) is 110 cm³/mol. The zero-order valence-electron chi connectivity index (χ0n) is 15.0. The van der Waals surface area contributed by atoms with E-state index in [-0.39, 0.29) is 16.0 Å². The second-order valence-corrected chi connectivity index (χ2v) is 6.44. The second kappa shape index (κ2) is 7.53. The van der Waals surface area contributed by atoms with Crippen LogP contribution in [0.25, 0.3) is 16.9 Å². The van der Waals surface area contributed by atoms with E-state index in [2.05, 4.69) is 15.3 Å². The van der Waals surface area contributed by atoms with Crippen LogP contribution in [0.5, 0.6) is 0 Å². The van der Waals surface area contributed by atoms with E-state index in [1.165, 1.54) is 0 Å². The second-order valence-electron chi connectivity index (χ2n) is 6.05. The first-order valence-electron chi connectivity index (χ1n) is 8.57. The maximum absolute atomic E-state index is 12.3. The van der Waals surface area contributed by atoms with E-state index < -0.39 is 0 Å². The van der Waals surface area contributed by atoms with E-state index >= 15 is 0 Å². The first-order valence-corrected chi connectivity index (χ1v) is 8.97. The van der Waals surface area contributed by atoms with E-state index in [9.17, 15) is 4.79 Å². The topological polar surface area (TPSA) is 80.9 Å². The first kappa shape index (κ1) is 17.7. The van der Waals surface area contributed by atoms with E-state index in [0.29, 0.717) is 0 Å². The summed E-state index contributed by atoms with van der Waals surface area (Å²) in [4.78, 5) is 12.3. The fourth-order valence-electron chi connectivity index (χ4n) is 2.71. The van der Waals surface area contributed by atoms with Crippen molar-refractivity contribution >= 4 is 18.4 Å². The molecule has 0 aliphatic heterocycles. The SMILES string of the molecule is Cc1n[nH]c(=S)n(/N=C/c2cn(-c3ccccc3)nc2-c2ccccc2)c1=O. The summed E-state index contributed by atoms with van der Waals surface area (Å²) in [7, 11) is 0. The quantitative estimate of drug-likeness (QED) is 0.429. The zero-order valence-corrected chi connectivity index (χ0v) is 15.8. The van der Waals surface area contributed by atoms with Crippen molar-refractivity contribution in [1.29, 1.82) is 0 Å². The van der Waals surface area contributed by atoms with Gasteiger partial charge in [0.25, 0.3) is 5.56 Å². The Kier molecular flexibility index (Phi) is 4.77. The number of nitrogens with one attached hydrogen (secondary N) is 1. The third kappa shape index (κ3) is 3.45. The van der Waals surface area contributed by atoms with Crippen molar-refractivity contribution < 1.29 is 0 Å². The molecule has 0 aliphatic carbocycles. The lowest BCUT2D eigenvalue weighted by atomic mass is 10.1. The van der Waals surface area contributed by atoms with Crippen LogP contribution in [0.1, 0.15) is 11.3 Å². The number of aromatic nitrogens is 5. The van der Waals surface area contributed by atoms with Crippen LogP contribution < -0.4 is 5.56 Å². The molecule has 4 rings (SSSR count). The van der Waals surface area contributed by atoms with Crippen LogP contribution >= 0.6 is 12.2 Å². The number of H-pyrrole nitrogens is 1. The molecule has 0 fully saturated rings. The molecule has 28 heavy (non-hydrogen) atoms. The smallest absolute Gasteiger partial charge is 0.265 e. The van der Waals surface area contributed by atoms with Gasteiger partial charge in [-0.05, 0) is 31.3 Å². The van der Waals surface area contributed by atoms with Gasteiger partial charge in [-0.2, -0.15) is 20.0 Å². The van der Waals surface area contributed by atoms with Gasteiger partial charge in [-0.25, -0.2) is 4.68 Å². The van der Waals surface area contributed by atoms with Gasteiger partial charge in [-0.1, -0.05) is 48.5 Å². The van der Waals surface area contributed by atoms with Crippen molar-refractivity contribution in [3.05, 3.63) is 93.2 Å². The minimum absolute atomic E-state index is 0.128. The zero-order chi connectivity index (χ0) is 19.5. The van der Waals surface area contributed by atoms with E-state index in [0.717, 1.165) is 27.2 Å². The van der Waals surface area contributed by atoms with Crippen LogP contribution in [0.3, 0.4) is 0 Å². The molecule has 0 atom stereocenters. The van der Waals surface area contributed by atoms with Gasteiger partial charge in [0.2, 0.25) is 4.77 Å². The summed E-state index contributed by atoms with van der Waals surface area (Å²) in [5.41, 5.74) is 3.30. The van der Waals surface area contributed by atoms with Crippen LogP contribution in [-0.2, 0) is 0 Å². The summed E-state index contributed by atoms with van der Waals surface area (Å²) < 4.78 is 3.03. The molecule has 2 heterocycles. The molecule has 0 radical (unpaired) electrons. The largest absolute Gasteiger partial charge is 0.296 e. The summed E-state index contributed by atoms with van der Waals surface area (Å²) in [5, 5.41) is 15.5. The average molecular weight is 388 g/mol. The molecular formula is C20H16N6OS. The Bertz CT molecular complexity index is 1260. The molecule has 2 aromatic heterocycles. The molecule has 0 unspecified atom stereocenters. The third-order valence-electron chi connectivity index (χ3n) is 4.14. The number of aromatic amines is 1. The fraction of sp³-hybridized carbons (Fsp3) is 0.0500. The van der Waals surface area contributed by atoms with Crippen LogP contribution in [0, 0.1) is 11.7 Å². The molecule has 4 aromatic rings. The van der Waals surface area contributed by atoms with Gasteiger partial charge in [0, 0.05) is 17.3 Å². The molecule has 0 amide bonds. The number of aryl methyl sites for hydroxylation is 1. The maximum atomic E-state index is 12.3. The number of hydrogen-bond acceptors (Lipinski definition) is 5. The van der Waals surface area contributed by atoms with Crippen LogP contribution in [0.2, 0.25) is 0 Å². The van der Waals surface area contributed by atoms with Gasteiger partial charge < -0.3 is 0 Å². The molecule has 2 aromatic carbocycles. The lowest BCUT2D eigenvalue weighted by Gasteiger charge is -2.00. The molecule has 8 heteroatoms. The van der Waals surface area contributed by atoms with Crippen molar-refractivity contribution in [3.8, 4) is 16.9 Å². The summed E-state index contributed by atoms with van der Waals surface area (Å²) in [6.07, 6.45) is 3.45. The maximum Gasteiger partial charge on any atom is 0.296 e. The number of nitrogens with zero attached hydrogens (tertiary/aromatic N) is 5. The Morgan fingerprint density at radius 3 is 2.46 bits per heavy atom. The van der Waals surface area contributed by atoms with Crippen molar-refractivity contribution in [1.82, 2.24) is 24.7 Å². The highest BCUT2D eigenvalue weighted by atomic mass is 32.1. The number of rotatable bonds is 4. The predicted octanol–water partition coefficient (Wildman–Crippen LogP) is 3.34. The summed E-state index contributed by atoms with van der Waals surface area (Å²) >= 11 is 5.13. The van der Waals surface area contributed by atoms with E-state index in [1.54, 1.807) is 17.8 Å². The van der Waals surface area contributed by atoms with Crippen molar-refractivity contribution in [2.75, 3.05) is 0 Å². The van der Waals surface area contributed by atoms with Crippen molar-refractivity contribution in [2.45, 2.75) is 6.92 Å². The highest BCUT2D eigenvalue weighted by Crippen LogP contribution is 2.22. The Hall–Kier alpha value is -3.65. The fourth-order valence-corrected chi connectivity index (χ4v) is 2.89. The van der Waals surface area contributed by atoms with Crippen LogP contribution in [0.4, 0.5) is 0 Å². The third-order valence-corrected chi connectivity index (χ3v) is 4.40. The Morgan fingerprint density at radius 2 is 1.75 bits per heavy atom. The standard InChI is InChI=1S/C20H16N6OS/c1-14-19(27)26(20(28)23-22-14)21-12-16-13-25(17-10-6-3-7-11-17)24-18(16)15-8-4-2-5-9-15/h2-13H,1H3,(H,23,28)/b21-12+. The molecule has 7 nitrogen and oxygen atoms in total. The first-order chi connectivity index (χ1) is 13.6. The van der Waals surface area contributed by atoms with Crippen molar-refractivity contribution in [3.63, 3.8) is 0 Å². The van der Waals surface area contributed by atoms with Gasteiger partial charge in [-0.15, -0.1) is 0 Å². The summed E-state index contributed by atoms with van der Waals surface area (Å²) in [6, 6.07) is 19.6. The van der Waals surface area contributed by atoms with Crippen LogP contribution in [0.15, 0.2) is 76.8 Å². The molecule has 1 N–H and O–H groups in total. The molecule has 0 bridgehead atoms. The van der Waals surface area contributed by atoms with Crippen LogP contribution in [-0.4, -0.2) is 30.9 Å². The average Bonchev–Trinajstić information content (AvgIpc) is 3.16. The monoisotopic (exact) mass is 388 g/mol. The molecule has 0 saturated heterocycles. The van der Waals surface area contributed by atoms with Gasteiger partial charge in [-0.3, -0.25) is 9.89 Å². The van der Waals surface area contributed by atoms with Crippen molar-refractivity contribution in [2.24, 2.45) is 5.10 Å². The lowest BCUT2D eigenvalue weighted by Crippen LogP contribution is -2.22. The minimum atomic E-state index is -0.364. The summed E-state index contributed by atoms with van der Waals surface area (Å²) in [5.74, 6) is 0. The summed E-state index contributed by atoms with van der Waals surface area (Å²) in [6.45, 7) is 1.60. The lowest BCUT2D eigenvalue weighted by molar-refractivity contribution is 0.720. The molecule has 0 saturated carbocycles. The highest BCUT2D eigenvalue weighted by Gasteiger charge is 2.11. The van der Waals surface area contributed by atoms with E-state index in [1.807, 2.05) is 66.9 Å². The Balaban J connectivity index is 1.84. The van der Waals surface area contributed by atoms with E-state index in [4.69, 9.17) is 17.3 Å². The molecule has 0 spiro atoms. The molecule has 138 valence electrons. The van der Waals surface area contributed by atoms with Gasteiger partial charge >= 0.3 is 0 Å². The number of benzene rings is 2. The molecule has 0 aliphatic rings.